The smallest absolute Gasteiger partial charge is 0.283 e. The van der Waals surface area contributed by atoms with E-state index in [1.807, 2.05) is 30.3 Å². The molecule has 0 aliphatic carbocycles. The van der Waals surface area contributed by atoms with Crippen molar-refractivity contribution in [1.29, 1.82) is 0 Å². The maximum absolute atomic E-state index is 10.8. The van der Waals surface area contributed by atoms with Gasteiger partial charge in [0, 0.05) is 24.2 Å². The Morgan fingerprint density at radius 2 is 1.85 bits per heavy atom. The molecule has 2 aromatic carbocycles. The summed E-state index contributed by atoms with van der Waals surface area (Å²) < 4.78 is 0.522. The first-order valence-electron chi connectivity index (χ1n) is 5.95. The van der Waals surface area contributed by atoms with E-state index in [9.17, 15) is 10.1 Å². The zero-order valence-corrected chi connectivity index (χ0v) is 12.8. The van der Waals surface area contributed by atoms with Crippen LogP contribution in [0.15, 0.2) is 46.9 Å². The SMILES string of the molecule is O=[N+]([O-])c1cccc(CNCc2ccc(Cl)cc2)c1Br. The average Bonchev–Trinajstić information content (AvgIpc) is 2.42. The Morgan fingerprint density at radius 1 is 1.15 bits per heavy atom. The second-order valence-corrected chi connectivity index (χ2v) is 5.47. The summed E-state index contributed by atoms with van der Waals surface area (Å²) in [4.78, 5) is 10.4. The van der Waals surface area contributed by atoms with Crippen LogP contribution in [0.25, 0.3) is 0 Å². The van der Waals surface area contributed by atoms with Crippen molar-refractivity contribution in [2.24, 2.45) is 0 Å². The van der Waals surface area contributed by atoms with E-state index in [1.54, 1.807) is 6.07 Å². The summed E-state index contributed by atoms with van der Waals surface area (Å²) in [6.07, 6.45) is 0. The number of rotatable bonds is 5. The predicted molar refractivity (Wildman–Crippen MR) is 82.8 cm³/mol. The van der Waals surface area contributed by atoms with E-state index in [1.165, 1.54) is 6.07 Å². The van der Waals surface area contributed by atoms with Crippen molar-refractivity contribution in [3.05, 3.63) is 73.2 Å². The Hall–Kier alpha value is -1.43. The van der Waals surface area contributed by atoms with Crippen LogP contribution in [0.3, 0.4) is 0 Å². The molecular weight excluding hydrogens is 344 g/mol. The lowest BCUT2D eigenvalue weighted by atomic mass is 10.2. The summed E-state index contributed by atoms with van der Waals surface area (Å²) in [5.41, 5.74) is 2.04. The van der Waals surface area contributed by atoms with Gasteiger partial charge in [0.25, 0.3) is 5.69 Å². The molecule has 0 fully saturated rings. The van der Waals surface area contributed by atoms with Crippen molar-refractivity contribution in [3.8, 4) is 0 Å². The molecule has 0 aliphatic heterocycles. The molecule has 0 amide bonds. The lowest BCUT2D eigenvalue weighted by Crippen LogP contribution is -2.13. The summed E-state index contributed by atoms with van der Waals surface area (Å²) in [7, 11) is 0. The Balaban J connectivity index is 1.99. The molecule has 1 N–H and O–H groups in total. The molecule has 0 radical (unpaired) electrons. The molecule has 0 bridgehead atoms. The molecular formula is C14H12BrClN2O2. The van der Waals surface area contributed by atoms with Crippen LogP contribution < -0.4 is 5.32 Å². The molecule has 0 saturated heterocycles. The standard InChI is InChI=1S/C14H12BrClN2O2/c15-14-11(2-1-3-13(14)18(19)20)9-17-8-10-4-6-12(16)7-5-10/h1-7,17H,8-9H2. The lowest BCUT2D eigenvalue weighted by molar-refractivity contribution is -0.385. The number of nitro benzene ring substituents is 1. The first-order chi connectivity index (χ1) is 9.58. The monoisotopic (exact) mass is 354 g/mol. The van der Waals surface area contributed by atoms with Crippen molar-refractivity contribution in [2.45, 2.75) is 13.1 Å². The van der Waals surface area contributed by atoms with Gasteiger partial charge in [-0.2, -0.15) is 0 Å². The number of hydrogen-bond donors (Lipinski definition) is 1. The Labute approximate surface area is 130 Å². The van der Waals surface area contributed by atoms with Gasteiger partial charge in [-0.25, -0.2) is 0 Å². The van der Waals surface area contributed by atoms with Gasteiger partial charge < -0.3 is 5.32 Å². The van der Waals surface area contributed by atoms with Gasteiger partial charge in [0.2, 0.25) is 0 Å². The topological polar surface area (TPSA) is 55.2 Å². The Morgan fingerprint density at radius 3 is 2.50 bits per heavy atom. The predicted octanol–water partition coefficient (Wildman–Crippen LogP) is 4.30. The number of hydrogen-bond acceptors (Lipinski definition) is 3. The zero-order valence-electron chi connectivity index (χ0n) is 10.5. The fraction of sp³-hybridized carbons (Fsp3) is 0.143. The number of nitro groups is 1. The summed E-state index contributed by atoms with van der Waals surface area (Å²) in [5.74, 6) is 0. The van der Waals surface area contributed by atoms with Crippen LogP contribution in [0.4, 0.5) is 5.69 Å². The number of nitrogens with one attached hydrogen (secondary N) is 1. The molecule has 0 unspecified atom stereocenters. The highest BCUT2D eigenvalue weighted by Crippen LogP contribution is 2.28. The van der Waals surface area contributed by atoms with Gasteiger partial charge in [-0.1, -0.05) is 35.9 Å². The quantitative estimate of drug-likeness (QED) is 0.642. The van der Waals surface area contributed by atoms with Gasteiger partial charge >= 0.3 is 0 Å². The minimum atomic E-state index is -0.396. The minimum absolute atomic E-state index is 0.0794. The molecule has 20 heavy (non-hydrogen) atoms. The van der Waals surface area contributed by atoms with E-state index in [4.69, 9.17) is 11.6 Å². The number of halogens is 2. The highest BCUT2D eigenvalue weighted by molar-refractivity contribution is 9.10. The molecule has 2 aromatic rings. The summed E-state index contributed by atoms with van der Waals surface area (Å²) in [6, 6.07) is 12.6. The van der Waals surface area contributed by atoms with E-state index in [2.05, 4.69) is 21.2 Å². The second kappa shape index (κ2) is 6.83. The van der Waals surface area contributed by atoms with Gasteiger partial charge in [0.15, 0.2) is 0 Å². The zero-order chi connectivity index (χ0) is 14.5. The van der Waals surface area contributed by atoms with Crippen molar-refractivity contribution in [3.63, 3.8) is 0 Å². The van der Waals surface area contributed by atoms with Crippen LogP contribution in [0, 0.1) is 10.1 Å². The molecule has 2 rings (SSSR count). The number of benzene rings is 2. The third kappa shape index (κ3) is 3.79. The molecule has 0 heterocycles. The Kier molecular flexibility index (Phi) is 5.11. The summed E-state index contributed by atoms with van der Waals surface area (Å²) in [5, 5.41) is 14.8. The molecule has 0 spiro atoms. The van der Waals surface area contributed by atoms with Gasteiger partial charge in [-0.05, 0) is 39.2 Å². The molecule has 6 heteroatoms. The highest BCUT2D eigenvalue weighted by Gasteiger charge is 2.14. The van der Waals surface area contributed by atoms with Crippen molar-refractivity contribution >= 4 is 33.2 Å². The fourth-order valence-corrected chi connectivity index (χ4v) is 2.46. The van der Waals surface area contributed by atoms with Crippen LogP contribution in [0.1, 0.15) is 11.1 Å². The average molecular weight is 356 g/mol. The molecule has 0 aromatic heterocycles. The normalized spacial score (nSPS) is 10.5. The number of nitrogens with zero attached hydrogens (tertiary/aromatic N) is 1. The second-order valence-electron chi connectivity index (χ2n) is 4.24. The lowest BCUT2D eigenvalue weighted by Gasteiger charge is -2.07. The van der Waals surface area contributed by atoms with E-state index in [0.29, 0.717) is 22.6 Å². The van der Waals surface area contributed by atoms with E-state index >= 15 is 0 Å². The molecule has 0 atom stereocenters. The largest absolute Gasteiger partial charge is 0.309 e. The van der Waals surface area contributed by atoms with Crippen molar-refractivity contribution < 1.29 is 4.92 Å². The van der Waals surface area contributed by atoms with Gasteiger partial charge in [0.05, 0.1) is 9.40 Å². The van der Waals surface area contributed by atoms with Crippen molar-refractivity contribution in [2.75, 3.05) is 0 Å². The first kappa shape index (κ1) is 15.0. The molecule has 4 nitrogen and oxygen atoms in total. The van der Waals surface area contributed by atoms with Crippen LogP contribution >= 0.6 is 27.5 Å². The van der Waals surface area contributed by atoms with Gasteiger partial charge in [-0.15, -0.1) is 0 Å². The molecule has 104 valence electrons. The van der Waals surface area contributed by atoms with Crippen LogP contribution in [-0.4, -0.2) is 4.92 Å². The van der Waals surface area contributed by atoms with E-state index in [0.717, 1.165) is 11.1 Å². The van der Waals surface area contributed by atoms with E-state index < -0.39 is 4.92 Å². The molecule has 0 saturated carbocycles. The fourth-order valence-electron chi connectivity index (χ4n) is 1.79. The van der Waals surface area contributed by atoms with Crippen molar-refractivity contribution in [1.82, 2.24) is 5.32 Å². The first-order valence-corrected chi connectivity index (χ1v) is 7.12. The minimum Gasteiger partial charge on any atom is -0.309 e. The summed E-state index contributed by atoms with van der Waals surface area (Å²) in [6.45, 7) is 1.22. The highest BCUT2D eigenvalue weighted by atomic mass is 79.9. The van der Waals surface area contributed by atoms with Gasteiger partial charge in [-0.3, -0.25) is 10.1 Å². The third-order valence-electron chi connectivity index (χ3n) is 2.81. The van der Waals surface area contributed by atoms with Crippen LogP contribution in [0.2, 0.25) is 5.02 Å². The third-order valence-corrected chi connectivity index (χ3v) is 3.98. The maximum Gasteiger partial charge on any atom is 0.283 e. The van der Waals surface area contributed by atoms with Crippen LogP contribution in [0.5, 0.6) is 0 Å². The van der Waals surface area contributed by atoms with Gasteiger partial charge in [0.1, 0.15) is 0 Å². The molecule has 0 aliphatic rings. The van der Waals surface area contributed by atoms with E-state index in [-0.39, 0.29) is 5.69 Å². The summed E-state index contributed by atoms with van der Waals surface area (Å²) >= 11 is 9.10. The Bertz CT molecular complexity index is 617. The maximum atomic E-state index is 10.8. The van der Waals surface area contributed by atoms with Crippen LogP contribution in [-0.2, 0) is 13.1 Å².